The molecule has 2 aliphatic rings. The van der Waals surface area contributed by atoms with Gasteiger partial charge in [0.15, 0.2) is 0 Å². The van der Waals surface area contributed by atoms with E-state index >= 15 is 0 Å². The lowest BCUT2D eigenvalue weighted by molar-refractivity contribution is -0.133. The summed E-state index contributed by atoms with van der Waals surface area (Å²) in [4.78, 5) is 44.9. The number of hydrogen-bond acceptors (Lipinski definition) is 3. The summed E-state index contributed by atoms with van der Waals surface area (Å²) in [5, 5.41) is 3.90. The molecule has 158 valence electrons. The van der Waals surface area contributed by atoms with Gasteiger partial charge in [0, 0.05) is 24.0 Å². The first-order valence-corrected chi connectivity index (χ1v) is 10.5. The van der Waals surface area contributed by atoms with Crippen molar-refractivity contribution in [2.75, 3.05) is 13.1 Å². The molecule has 2 saturated heterocycles. The number of fused-ring (bicyclic) bond motifs is 1. The first kappa shape index (κ1) is 19.4. The van der Waals surface area contributed by atoms with Gasteiger partial charge in [0.25, 0.3) is 11.8 Å². The van der Waals surface area contributed by atoms with Crippen LogP contribution in [0.15, 0.2) is 54.6 Å². The highest BCUT2D eigenvalue weighted by Gasteiger charge is 2.52. The largest absolute Gasteiger partial charge is 0.351 e. The Labute approximate surface area is 180 Å². The van der Waals surface area contributed by atoms with Crippen molar-refractivity contribution >= 4 is 28.7 Å². The summed E-state index contributed by atoms with van der Waals surface area (Å²) in [6.07, 6.45) is 0.821. The lowest BCUT2D eigenvalue weighted by Gasteiger charge is -2.37. The number of rotatable bonds is 3. The van der Waals surface area contributed by atoms with Crippen LogP contribution in [0.25, 0.3) is 10.9 Å². The van der Waals surface area contributed by atoms with Gasteiger partial charge in [-0.1, -0.05) is 48.0 Å². The molecule has 0 unspecified atom stereocenters. The minimum atomic E-state index is -0.918. The maximum Gasteiger partial charge on any atom is 0.325 e. The maximum atomic E-state index is 13.2. The van der Waals surface area contributed by atoms with E-state index in [1.807, 2.05) is 61.5 Å². The zero-order valence-corrected chi connectivity index (χ0v) is 17.4. The van der Waals surface area contributed by atoms with Gasteiger partial charge in [0.2, 0.25) is 0 Å². The van der Waals surface area contributed by atoms with Gasteiger partial charge >= 0.3 is 6.03 Å². The SMILES string of the molecule is Cc1ccc(CN2C(=O)NC3(CCN(C(=O)c4cc5ccccc5[nH]4)CC3)C2=O)cc1. The second kappa shape index (κ2) is 7.27. The van der Waals surface area contributed by atoms with E-state index in [0.717, 1.165) is 22.0 Å². The Morgan fingerprint density at radius 1 is 1.03 bits per heavy atom. The second-order valence-corrected chi connectivity index (χ2v) is 8.45. The molecule has 2 N–H and O–H groups in total. The fraction of sp³-hybridized carbons (Fsp3) is 0.292. The highest BCUT2D eigenvalue weighted by atomic mass is 16.2. The number of para-hydroxylation sites is 1. The van der Waals surface area contributed by atoms with E-state index < -0.39 is 5.54 Å². The summed E-state index contributed by atoms with van der Waals surface area (Å²) in [6.45, 7) is 3.08. The van der Waals surface area contributed by atoms with Crippen LogP contribution in [-0.2, 0) is 11.3 Å². The average molecular weight is 416 g/mol. The van der Waals surface area contributed by atoms with Crippen LogP contribution in [0.4, 0.5) is 4.79 Å². The first-order chi connectivity index (χ1) is 14.9. The monoisotopic (exact) mass is 416 g/mol. The molecular weight excluding hydrogens is 392 g/mol. The number of aryl methyl sites for hydroxylation is 1. The molecule has 31 heavy (non-hydrogen) atoms. The van der Waals surface area contributed by atoms with Gasteiger partial charge in [0.05, 0.1) is 6.54 Å². The molecule has 2 fully saturated rings. The standard InChI is InChI=1S/C24H24N4O3/c1-16-6-8-17(9-7-16)15-28-22(30)24(26-23(28)31)10-12-27(13-11-24)21(29)20-14-18-4-2-3-5-19(18)25-20/h2-9,14,25H,10-13,15H2,1H3,(H,26,31). The number of benzene rings is 2. The molecule has 7 nitrogen and oxygen atoms in total. The quantitative estimate of drug-likeness (QED) is 0.643. The number of nitrogens with one attached hydrogen (secondary N) is 2. The second-order valence-electron chi connectivity index (χ2n) is 8.45. The minimum absolute atomic E-state index is 0.0840. The number of aromatic amines is 1. The zero-order valence-electron chi connectivity index (χ0n) is 17.4. The Bertz CT molecular complexity index is 1140. The highest BCUT2D eigenvalue weighted by molar-refractivity contribution is 6.07. The molecule has 2 aliphatic heterocycles. The van der Waals surface area contributed by atoms with Crippen molar-refractivity contribution in [1.29, 1.82) is 0 Å². The smallest absolute Gasteiger partial charge is 0.325 e. The summed E-state index contributed by atoms with van der Waals surface area (Å²) < 4.78 is 0. The molecule has 1 aromatic heterocycles. The van der Waals surface area contributed by atoms with Crippen molar-refractivity contribution in [2.24, 2.45) is 0 Å². The molecule has 5 rings (SSSR count). The maximum absolute atomic E-state index is 13.2. The van der Waals surface area contributed by atoms with Crippen molar-refractivity contribution in [1.82, 2.24) is 20.1 Å². The molecule has 1 spiro atoms. The van der Waals surface area contributed by atoms with Gasteiger partial charge in [0.1, 0.15) is 11.2 Å². The van der Waals surface area contributed by atoms with Gasteiger partial charge in [-0.3, -0.25) is 14.5 Å². The number of aromatic nitrogens is 1. The Morgan fingerprint density at radius 3 is 2.45 bits per heavy atom. The third-order valence-electron chi connectivity index (χ3n) is 6.37. The molecule has 3 aromatic rings. The minimum Gasteiger partial charge on any atom is -0.351 e. The lowest BCUT2D eigenvalue weighted by Crippen LogP contribution is -2.55. The molecule has 0 bridgehead atoms. The lowest BCUT2D eigenvalue weighted by atomic mass is 9.87. The third-order valence-corrected chi connectivity index (χ3v) is 6.37. The highest BCUT2D eigenvalue weighted by Crippen LogP contribution is 2.31. The molecule has 3 heterocycles. The number of carbonyl (C=O) groups is 3. The molecule has 2 aromatic carbocycles. The molecule has 4 amide bonds. The number of nitrogens with zero attached hydrogens (tertiary/aromatic N) is 2. The predicted octanol–water partition coefficient (Wildman–Crippen LogP) is 3.20. The van der Waals surface area contributed by atoms with E-state index in [1.165, 1.54) is 4.90 Å². The van der Waals surface area contributed by atoms with Crippen molar-refractivity contribution in [3.8, 4) is 0 Å². The fourth-order valence-corrected chi connectivity index (χ4v) is 4.49. The number of hydrogen-bond donors (Lipinski definition) is 2. The van der Waals surface area contributed by atoms with Gasteiger partial charge in [-0.15, -0.1) is 0 Å². The predicted molar refractivity (Wildman–Crippen MR) is 116 cm³/mol. The van der Waals surface area contributed by atoms with Crippen LogP contribution >= 0.6 is 0 Å². The number of H-pyrrole nitrogens is 1. The summed E-state index contributed by atoms with van der Waals surface area (Å²) in [7, 11) is 0. The summed E-state index contributed by atoms with van der Waals surface area (Å²) >= 11 is 0. The number of urea groups is 1. The van der Waals surface area contributed by atoms with Gasteiger partial charge in [-0.05, 0) is 37.5 Å². The normalized spacial score (nSPS) is 18.1. The van der Waals surface area contributed by atoms with Crippen LogP contribution in [0.2, 0.25) is 0 Å². The first-order valence-electron chi connectivity index (χ1n) is 10.5. The number of likely N-dealkylation sites (tertiary alicyclic amines) is 1. The Morgan fingerprint density at radius 2 is 1.74 bits per heavy atom. The molecule has 0 atom stereocenters. The fourth-order valence-electron chi connectivity index (χ4n) is 4.49. The van der Waals surface area contributed by atoms with E-state index in [4.69, 9.17) is 0 Å². The van der Waals surface area contributed by atoms with E-state index in [0.29, 0.717) is 31.6 Å². The van der Waals surface area contributed by atoms with Crippen LogP contribution < -0.4 is 5.32 Å². The van der Waals surface area contributed by atoms with E-state index in [1.54, 1.807) is 4.90 Å². The molecule has 0 saturated carbocycles. The molecule has 7 heteroatoms. The number of imide groups is 1. The number of carbonyl (C=O) groups excluding carboxylic acids is 3. The van der Waals surface area contributed by atoms with Gasteiger partial charge in [-0.25, -0.2) is 4.79 Å². The van der Waals surface area contributed by atoms with Crippen molar-refractivity contribution in [3.63, 3.8) is 0 Å². The van der Waals surface area contributed by atoms with Crippen LogP contribution in [0.5, 0.6) is 0 Å². The summed E-state index contributed by atoms with van der Waals surface area (Å²) in [5.74, 6) is -0.282. The average Bonchev–Trinajstić information content (AvgIpc) is 3.30. The Kier molecular flexibility index (Phi) is 4.54. The van der Waals surface area contributed by atoms with E-state index in [2.05, 4.69) is 10.3 Å². The Balaban J connectivity index is 1.27. The summed E-state index contributed by atoms with van der Waals surface area (Å²) in [5.41, 5.74) is 2.59. The third kappa shape index (κ3) is 3.36. The van der Waals surface area contributed by atoms with Gasteiger partial charge < -0.3 is 15.2 Å². The van der Waals surface area contributed by atoms with Crippen LogP contribution in [0.1, 0.15) is 34.5 Å². The topological polar surface area (TPSA) is 85.5 Å². The van der Waals surface area contributed by atoms with Crippen LogP contribution in [0.3, 0.4) is 0 Å². The molecule has 0 radical (unpaired) electrons. The molecular formula is C24H24N4O3. The number of amides is 4. The van der Waals surface area contributed by atoms with E-state index in [-0.39, 0.29) is 24.4 Å². The van der Waals surface area contributed by atoms with Crippen LogP contribution in [-0.4, -0.2) is 51.3 Å². The Hall–Kier alpha value is -3.61. The van der Waals surface area contributed by atoms with E-state index in [9.17, 15) is 14.4 Å². The van der Waals surface area contributed by atoms with Crippen molar-refractivity contribution < 1.29 is 14.4 Å². The van der Waals surface area contributed by atoms with Crippen molar-refractivity contribution in [2.45, 2.75) is 31.8 Å². The molecule has 0 aliphatic carbocycles. The van der Waals surface area contributed by atoms with Crippen LogP contribution in [0, 0.1) is 6.92 Å². The number of piperidine rings is 1. The summed E-state index contributed by atoms with van der Waals surface area (Å²) in [6, 6.07) is 17.1. The zero-order chi connectivity index (χ0) is 21.6. The van der Waals surface area contributed by atoms with Gasteiger partial charge in [-0.2, -0.15) is 0 Å². The van der Waals surface area contributed by atoms with Crippen molar-refractivity contribution in [3.05, 3.63) is 71.4 Å².